The Morgan fingerprint density at radius 1 is 1.62 bits per heavy atom. The Bertz CT molecular complexity index is 575. The number of carbonyl (C=O) groups is 1. The number of nitrogens with one attached hydrogen (secondary N) is 2. The predicted molar refractivity (Wildman–Crippen MR) is 56.1 cm³/mol. The molecule has 0 saturated heterocycles. The van der Waals surface area contributed by atoms with Gasteiger partial charge >= 0.3 is 0 Å². The van der Waals surface area contributed by atoms with Crippen LogP contribution >= 0.6 is 0 Å². The molecule has 2 N–H and O–H groups in total. The fraction of sp³-hybridized carbons (Fsp3) is 0.111. The molecule has 2 aromatic rings. The van der Waals surface area contributed by atoms with Crippen LogP contribution in [-0.2, 0) is 0 Å². The van der Waals surface area contributed by atoms with Gasteiger partial charge in [-0.15, -0.1) is 0 Å². The highest BCUT2D eigenvalue weighted by Gasteiger charge is 2.15. The van der Waals surface area contributed by atoms with Crippen LogP contribution in [0.25, 0.3) is 11.0 Å². The number of aromatic nitrogens is 2. The van der Waals surface area contributed by atoms with E-state index >= 15 is 0 Å². The van der Waals surface area contributed by atoms with E-state index in [2.05, 4.69) is 15.3 Å². The SMILES string of the molecule is CNC(=O)c1c[nH]c2ncc([N+](=O)[O-])cc12. The summed E-state index contributed by atoms with van der Waals surface area (Å²) >= 11 is 0. The smallest absolute Gasteiger partial charge is 0.288 e. The molecule has 0 aliphatic heterocycles. The standard InChI is InChI=1S/C9H8N4O3/c1-10-9(14)7-4-12-8-6(7)2-5(3-11-8)13(15)16/h2-4H,1H3,(H,10,14)(H,11,12). The van der Waals surface area contributed by atoms with Crippen LogP contribution in [0.5, 0.6) is 0 Å². The molecule has 7 nitrogen and oxygen atoms in total. The van der Waals surface area contributed by atoms with E-state index in [0.717, 1.165) is 6.20 Å². The minimum atomic E-state index is -0.549. The summed E-state index contributed by atoms with van der Waals surface area (Å²) in [7, 11) is 1.49. The molecule has 0 aliphatic rings. The fourth-order valence-electron chi connectivity index (χ4n) is 1.41. The minimum Gasteiger partial charge on any atom is -0.355 e. The van der Waals surface area contributed by atoms with Gasteiger partial charge in [0.25, 0.3) is 11.6 Å². The number of fused-ring (bicyclic) bond motifs is 1. The highest BCUT2D eigenvalue weighted by Crippen LogP contribution is 2.21. The summed E-state index contributed by atoms with van der Waals surface area (Å²) < 4.78 is 0. The summed E-state index contributed by atoms with van der Waals surface area (Å²) in [5.74, 6) is -0.312. The number of carbonyl (C=O) groups excluding carboxylic acids is 1. The van der Waals surface area contributed by atoms with Gasteiger partial charge in [-0.2, -0.15) is 0 Å². The molecule has 0 atom stereocenters. The Morgan fingerprint density at radius 2 is 2.38 bits per heavy atom. The number of H-pyrrole nitrogens is 1. The maximum atomic E-state index is 11.4. The monoisotopic (exact) mass is 220 g/mol. The van der Waals surface area contributed by atoms with Crippen LogP contribution in [0.4, 0.5) is 5.69 Å². The van der Waals surface area contributed by atoms with E-state index in [1.165, 1.54) is 19.3 Å². The van der Waals surface area contributed by atoms with E-state index in [1.54, 1.807) is 0 Å². The van der Waals surface area contributed by atoms with Crippen LogP contribution < -0.4 is 5.32 Å². The lowest BCUT2D eigenvalue weighted by Crippen LogP contribution is -2.17. The van der Waals surface area contributed by atoms with Gasteiger partial charge in [-0.1, -0.05) is 0 Å². The molecule has 7 heteroatoms. The molecule has 2 rings (SSSR count). The van der Waals surface area contributed by atoms with Crippen molar-refractivity contribution in [3.63, 3.8) is 0 Å². The lowest BCUT2D eigenvalue weighted by atomic mass is 10.2. The van der Waals surface area contributed by atoms with Crippen molar-refractivity contribution >= 4 is 22.6 Å². The third kappa shape index (κ3) is 1.48. The molecule has 82 valence electrons. The van der Waals surface area contributed by atoms with Crippen LogP contribution in [0.1, 0.15) is 10.4 Å². The molecule has 2 aromatic heterocycles. The minimum absolute atomic E-state index is 0.141. The molecule has 16 heavy (non-hydrogen) atoms. The normalized spacial score (nSPS) is 10.3. The molecule has 0 spiro atoms. The molecule has 1 amide bonds. The predicted octanol–water partition coefficient (Wildman–Crippen LogP) is 0.831. The highest BCUT2D eigenvalue weighted by atomic mass is 16.6. The topological polar surface area (TPSA) is 101 Å². The molecule has 0 aliphatic carbocycles. The molecule has 0 fully saturated rings. The van der Waals surface area contributed by atoms with E-state index in [-0.39, 0.29) is 11.6 Å². The van der Waals surface area contributed by atoms with Crippen LogP contribution in [0.15, 0.2) is 18.5 Å². The highest BCUT2D eigenvalue weighted by molar-refractivity contribution is 6.06. The van der Waals surface area contributed by atoms with Gasteiger partial charge in [0.1, 0.15) is 11.8 Å². The largest absolute Gasteiger partial charge is 0.355 e. The zero-order valence-corrected chi connectivity index (χ0v) is 8.35. The van der Waals surface area contributed by atoms with E-state index in [1.807, 2.05) is 0 Å². The summed E-state index contributed by atoms with van der Waals surface area (Å²) in [5.41, 5.74) is 0.648. The first-order valence-electron chi connectivity index (χ1n) is 4.47. The average molecular weight is 220 g/mol. The van der Waals surface area contributed by atoms with Crippen LogP contribution in [0, 0.1) is 10.1 Å². The zero-order valence-electron chi connectivity index (χ0n) is 8.35. The third-order valence-corrected chi connectivity index (χ3v) is 2.20. The van der Waals surface area contributed by atoms with Crippen LogP contribution in [-0.4, -0.2) is 27.8 Å². The summed E-state index contributed by atoms with van der Waals surface area (Å²) in [6.07, 6.45) is 2.62. The summed E-state index contributed by atoms with van der Waals surface area (Å²) in [4.78, 5) is 28.1. The summed E-state index contributed by atoms with van der Waals surface area (Å²) in [5, 5.41) is 13.5. The number of hydrogen-bond donors (Lipinski definition) is 2. The maximum Gasteiger partial charge on any atom is 0.288 e. The van der Waals surface area contributed by atoms with Gasteiger partial charge in [-0.05, 0) is 0 Å². The van der Waals surface area contributed by atoms with Crippen molar-refractivity contribution in [2.45, 2.75) is 0 Å². The van der Waals surface area contributed by atoms with Crippen molar-refractivity contribution in [3.05, 3.63) is 34.1 Å². The Balaban J connectivity index is 2.64. The molecule has 0 radical (unpaired) electrons. The van der Waals surface area contributed by atoms with E-state index in [0.29, 0.717) is 16.6 Å². The molecule has 0 saturated carbocycles. The van der Waals surface area contributed by atoms with Gasteiger partial charge < -0.3 is 10.3 Å². The first-order valence-corrected chi connectivity index (χ1v) is 4.47. The number of hydrogen-bond acceptors (Lipinski definition) is 4. The van der Waals surface area contributed by atoms with Gasteiger partial charge in [0.05, 0.1) is 10.5 Å². The quantitative estimate of drug-likeness (QED) is 0.578. The number of aromatic amines is 1. The molecular weight excluding hydrogens is 212 g/mol. The van der Waals surface area contributed by atoms with E-state index in [4.69, 9.17) is 0 Å². The lowest BCUT2D eigenvalue weighted by Gasteiger charge is -1.96. The van der Waals surface area contributed by atoms with E-state index in [9.17, 15) is 14.9 Å². The lowest BCUT2D eigenvalue weighted by molar-refractivity contribution is -0.385. The summed E-state index contributed by atoms with van der Waals surface area (Å²) in [6, 6.07) is 1.32. The van der Waals surface area contributed by atoms with Crippen molar-refractivity contribution in [1.82, 2.24) is 15.3 Å². The Hall–Kier alpha value is -2.44. The van der Waals surface area contributed by atoms with Gasteiger partial charge in [-0.25, -0.2) is 4.98 Å². The van der Waals surface area contributed by atoms with Crippen LogP contribution in [0.3, 0.4) is 0 Å². The summed E-state index contributed by atoms with van der Waals surface area (Å²) in [6.45, 7) is 0. The first-order chi connectivity index (χ1) is 7.63. The molecule has 0 aromatic carbocycles. The van der Waals surface area contributed by atoms with Crippen molar-refractivity contribution in [2.24, 2.45) is 0 Å². The number of pyridine rings is 1. The second kappa shape index (κ2) is 3.61. The van der Waals surface area contributed by atoms with Gasteiger partial charge in [0.2, 0.25) is 0 Å². The molecule has 0 unspecified atom stereocenters. The number of nitro groups is 1. The number of amides is 1. The van der Waals surface area contributed by atoms with Crippen molar-refractivity contribution in [3.8, 4) is 0 Å². The fourth-order valence-corrected chi connectivity index (χ4v) is 1.41. The Morgan fingerprint density at radius 3 is 3.00 bits per heavy atom. The third-order valence-electron chi connectivity index (χ3n) is 2.20. The van der Waals surface area contributed by atoms with Crippen molar-refractivity contribution < 1.29 is 9.72 Å². The average Bonchev–Trinajstić information content (AvgIpc) is 2.70. The van der Waals surface area contributed by atoms with Gasteiger partial charge in [-0.3, -0.25) is 14.9 Å². The Labute approximate surface area is 89.6 Å². The Kier molecular flexibility index (Phi) is 2.28. The van der Waals surface area contributed by atoms with Gasteiger partial charge in [0, 0.05) is 24.7 Å². The second-order valence-corrected chi connectivity index (χ2v) is 3.13. The molecule has 0 bridgehead atoms. The number of rotatable bonds is 2. The van der Waals surface area contributed by atoms with Gasteiger partial charge in [0.15, 0.2) is 0 Å². The van der Waals surface area contributed by atoms with Crippen LogP contribution in [0.2, 0.25) is 0 Å². The maximum absolute atomic E-state index is 11.4. The van der Waals surface area contributed by atoms with Crippen molar-refractivity contribution in [1.29, 1.82) is 0 Å². The molecular formula is C9H8N4O3. The second-order valence-electron chi connectivity index (χ2n) is 3.13. The number of nitrogens with zero attached hydrogens (tertiary/aromatic N) is 2. The van der Waals surface area contributed by atoms with E-state index < -0.39 is 4.92 Å². The van der Waals surface area contributed by atoms with Crippen molar-refractivity contribution in [2.75, 3.05) is 7.05 Å². The zero-order chi connectivity index (χ0) is 11.7. The first kappa shape index (κ1) is 10.1. The molecule has 2 heterocycles.